The lowest BCUT2D eigenvalue weighted by atomic mass is 9.97. The van der Waals surface area contributed by atoms with Crippen LogP contribution in [0.15, 0.2) is 18.2 Å². The largest absolute Gasteiger partial charge is 0.380 e. The van der Waals surface area contributed by atoms with Crippen molar-refractivity contribution in [3.8, 4) is 0 Å². The molecule has 0 N–H and O–H groups in total. The summed E-state index contributed by atoms with van der Waals surface area (Å²) >= 11 is 6.04. The van der Waals surface area contributed by atoms with E-state index in [0.717, 1.165) is 36.6 Å². The van der Waals surface area contributed by atoms with Crippen LogP contribution < -0.4 is 4.90 Å². The van der Waals surface area contributed by atoms with E-state index < -0.39 is 0 Å². The summed E-state index contributed by atoms with van der Waals surface area (Å²) in [5, 5.41) is 0.317. The van der Waals surface area contributed by atoms with Gasteiger partial charge in [-0.2, -0.15) is 0 Å². The smallest absolute Gasteiger partial charge is 0.224 e. The third-order valence-electron chi connectivity index (χ3n) is 4.23. The molecule has 0 aliphatic carbocycles. The molecular weight excluding hydrogens is 298 g/mol. The highest BCUT2D eigenvalue weighted by molar-refractivity contribution is 6.28. The molecule has 1 aromatic carbocycles. The summed E-state index contributed by atoms with van der Waals surface area (Å²) in [6, 6.07) is 6.59. The molecule has 0 amide bonds. The molecule has 0 atom stereocenters. The Kier molecular flexibility index (Phi) is 4.32. The molecule has 4 nitrogen and oxygen atoms in total. The molecule has 0 saturated heterocycles. The van der Waals surface area contributed by atoms with E-state index in [9.17, 15) is 0 Å². The molecule has 0 radical (unpaired) electrons. The minimum atomic E-state index is 0.317. The fourth-order valence-electron chi connectivity index (χ4n) is 2.94. The molecule has 2 heterocycles. The molecule has 0 saturated carbocycles. The molecule has 3 rings (SSSR count). The van der Waals surface area contributed by atoms with Gasteiger partial charge in [0.25, 0.3) is 0 Å². The van der Waals surface area contributed by atoms with Gasteiger partial charge in [-0.3, -0.25) is 0 Å². The Hall–Kier alpha value is -1.65. The number of halogens is 1. The van der Waals surface area contributed by atoms with Gasteiger partial charge in [0.15, 0.2) is 0 Å². The molecule has 5 heteroatoms. The van der Waals surface area contributed by atoms with Gasteiger partial charge in [-0.1, -0.05) is 18.2 Å². The first kappa shape index (κ1) is 15.3. The summed E-state index contributed by atoms with van der Waals surface area (Å²) in [6.45, 7) is 6.47. The Bertz CT molecular complexity index is 703. The molecule has 0 spiro atoms. The zero-order chi connectivity index (χ0) is 15.7. The maximum atomic E-state index is 6.04. The maximum Gasteiger partial charge on any atom is 0.224 e. The van der Waals surface area contributed by atoms with Gasteiger partial charge in [-0.25, -0.2) is 9.97 Å². The Morgan fingerprint density at radius 1 is 1.23 bits per heavy atom. The zero-order valence-electron chi connectivity index (χ0n) is 13.2. The Morgan fingerprint density at radius 2 is 2.05 bits per heavy atom. The van der Waals surface area contributed by atoms with Gasteiger partial charge in [0, 0.05) is 31.5 Å². The van der Waals surface area contributed by atoms with Gasteiger partial charge < -0.3 is 9.64 Å². The van der Waals surface area contributed by atoms with Gasteiger partial charge in [-0.05, 0) is 48.6 Å². The average molecular weight is 318 g/mol. The van der Waals surface area contributed by atoms with E-state index in [4.69, 9.17) is 16.3 Å². The number of aryl methyl sites for hydroxylation is 1. The normalized spacial score (nSPS) is 14.1. The van der Waals surface area contributed by atoms with Gasteiger partial charge in [0.05, 0.1) is 6.61 Å². The number of methoxy groups -OCH3 is 1. The number of anilines is 1. The monoisotopic (exact) mass is 317 g/mol. The number of fused-ring (bicyclic) bond motifs is 1. The minimum absolute atomic E-state index is 0.317. The summed E-state index contributed by atoms with van der Waals surface area (Å²) in [6.07, 6.45) is 1.02. The van der Waals surface area contributed by atoms with Gasteiger partial charge in [0.2, 0.25) is 5.28 Å². The van der Waals surface area contributed by atoms with Crippen molar-refractivity contribution < 1.29 is 4.74 Å². The Balaban J connectivity index is 1.92. The van der Waals surface area contributed by atoms with E-state index in [1.807, 2.05) is 6.92 Å². The lowest BCUT2D eigenvalue weighted by molar-refractivity contribution is 0.185. The van der Waals surface area contributed by atoms with Crippen LogP contribution in [0.25, 0.3) is 0 Å². The van der Waals surface area contributed by atoms with Crippen LogP contribution in [0.1, 0.15) is 27.9 Å². The van der Waals surface area contributed by atoms with Crippen LogP contribution in [-0.2, 0) is 24.3 Å². The SMILES string of the molecule is COCc1ccc2c(c1)CN(c1nc(Cl)nc(C)c1C)CC2. The third-order valence-corrected chi connectivity index (χ3v) is 4.40. The summed E-state index contributed by atoms with van der Waals surface area (Å²) < 4.78 is 5.23. The highest BCUT2D eigenvalue weighted by Crippen LogP contribution is 2.28. The number of hydrogen-bond donors (Lipinski definition) is 0. The van der Waals surface area contributed by atoms with E-state index in [1.165, 1.54) is 16.7 Å². The van der Waals surface area contributed by atoms with Gasteiger partial charge >= 0.3 is 0 Å². The molecule has 22 heavy (non-hydrogen) atoms. The predicted molar refractivity (Wildman–Crippen MR) is 88.4 cm³/mol. The number of nitrogens with zero attached hydrogens (tertiary/aromatic N) is 3. The lowest BCUT2D eigenvalue weighted by Crippen LogP contribution is -2.32. The molecular formula is C17H20ClN3O. The van der Waals surface area contributed by atoms with E-state index in [-0.39, 0.29) is 0 Å². The van der Waals surface area contributed by atoms with Crippen LogP contribution >= 0.6 is 11.6 Å². The minimum Gasteiger partial charge on any atom is -0.380 e. The molecule has 116 valence electrons. The number of rotatable bonds is 3. The summed E-state index contributed by atoms with van der Waals surface area (Å²) in [4.78, 5) is 11.0. The van der Waals surface area contributed by atoms with Crippen molar-refractivity contribution in [2.75, 3.05) is 18.6 Å². The highest BCUT2D eigenvalue weighted by atomic mass is 35.5. The van der Waals surface area contributed by atoms with Gasteiger partial charge in [-0.15, -0.1) is 0 Å². The van der Waals surface area contributed by atoms with Crippen molar-refractivity contribution in [3.05, 3.63) is 51.4 Å². The van der Waals surface area contributed by atoms with Crippen molar-refractivity contribution >= 4 is 17.4 Å². The van der Waals surface area contributed by atoms with E-state index in [2.05, 4.69) is 40.0 Å². The van der Waals surface area contributed by atoms with Crippen molar-refractivity contribution in [3.63, 3.8) is 0 Å². The molecule has 1 aliphatic rings. The molecule has 1 aliphatic heterocycles. The second-order valence-electron chi connectivity index (χ2n) is 5.73. The maximum absolute atomic E-state index is 6.04. The quantitative estimate of drug-likeness (QED) is 0.813. The van der Waals surface area contributed by atoms with Crippen molar-refractivity contribution in [1.82, 2.24) is 9.97 Å². The van der Waals surface area contributed by atoms with Crippen LogP contribution in [0.2, 0.25) is 5.28 Å². The van der Waals surface area contributed by atoms with Crippen LogP contribution in [0.4, 0.5) is 5.82 Å². The van der Waals surface area contributed by atoms with Crippen LogP contribution in [0.5, 0.6) is 0 Å². The second kappa shape index (κ2) is 6.23. The van der Waals surface area contributed by atoms with Crippen LogP contribution in [-0.4, -0.2) is 23.6 Å². The van der Waals surface area contributed by atoms with E-state index in [1.54, 1.807) is 7.11 Å². The number of benzene rings is 1. The van der Waals surface area contributed by atoms with Crippen molar-refractivity contribution in [2.24, 2.45) is 0 Å². The molecule has 0 bridgehead atoms. The van der Waals surface area contributed by atoms with E-state index in [0.29, 0.717) is 11.9 Å². The standard InChI is InChI=1S/C17H20ClN3O/c1-11-12(2)19-17(18)20-16(11)21-7-6-14-5-4-13(10-22-3)8-15(14)9-21/h4-5,8H,6-7,9-10H2,1-3H3. The Morgan fingerprint density at radius 3 is 2.82 bits per heavy atom. The summed E-state index contributed by atoms with van der Waals surface area (Å²) in [5.41, 5.74) is 5.99. The fraction of sp³-hybridized carbons (Fsp3) is 0.412. The second-order valence-corrected chi connectivity index (χ2v) is 6.07. The molecule has 0 fully saturated rings. The zero-order valence-corrected chi connectivity index (χ0v) is 13.9. The lowest BCUT2D eigenvalue weighted by Gasteiger charge is -2.31. The van der Waals surface area contributed by atoms with Crippen molar-refractivity contribution in [2.45, 2.75) is 33.4 Å². The summed E-state index contributed by atoms with van der Waals surface area (Å²) in [5.74, 6) is 0.945. The van der Waals surface area contributed by atoms with E-state index >= 15 is 0 Å². The van der Waals surface area contributed by atoms with Crippen LogP contribution in [0.3, 0.4) is 0 Å². The number of aromatic nitrogens is 2. The predicted octanol–water partition coefficient (Wildman–Crippen LogP) is 3.46. The highest BCUT2D eigenvalue weighted by Gasteiger charge is 2.20. The average Bonchev–Trinajstić information content (AvgIpc) is 2.50. The first-order chi connectivity index (χ1) is 10.6. The van der Waals surface area contributed by atoms with Crippen molar-refractivity contribution in [1.29, 1.82) is 0 Å². The van der Waals surface area contributed by atoms with Crippen LogP contribution in [0, 0.1) is 13.8 Å². The number of hydrogen-bond acceptors (Lipinski definition) is 4. The molecule has 2 aromatic rings. The first-order valence-corrected chi connectivity index (χ1v) is 7.81. The first-order valence-electron chi connectivity index (χ1n) is 7.44. The number of ether oxygens (including phenoxy) is 1. The fourth-order valence-corrected chi connectivity index (χ4v) is 3.14. The summed E-state index contributed by atoms with van der Waals surface area (Å²) in [7, 11) is 1.72. The molecule has 1 aromatic heterocycles. The third kappa shape index (κ3) is 2.94. The van der Waals surface area contributed by atoms with Gasteiger partial charge in [0.1, 0.15) is 5.82 Å². The molecule has 0 unspecified atom stereocenters. The topological polar surface area (TPSA) is 38.2 Å². The Labute approximate surface area is 136 Å².